The molecule has 0 saturated heterocycles. The molecule has 0 bridgehead atoms. The van der Waals surface area contributed by atoms with Crippen LogP contribution in [0.5, 0.6) is 0 Å². The lowest BCUT2D eigenvalue weighted by molar-refractivity contribution is 0.587. The van der Waals surface area contributed by atoms with Crippen LogP contribution in [-0.2, 0) is 4.12 Å². The Balaban J connectivity index is 3.75. The second-order valence-electron chi connectivity index (χ2n) is 4.33. The number of hydrogen-bond acceptors (Lipinski definition) is 1. The standard InChI is InChI=1S/C4H18OSi4/c1-8(2,3)5-9(4,6)7/h1-4,6-7H3. The van der Waals surface area contributed by atoms with Crippen LogP contribution in [0.4, 0.5) is 0 Å². The predicted octanol–water partition coefficient (Wildman–Crippen LogP) is -0.863. The first kappa shape index (κ1) is 9.83. The molecular weight excluding hydrogens is 176 g/mol. The Bertz CT molecular complexity index is 77.7. The molecule has 0 aliphatic rings. The van der Waals surface area contributed by atoms with Crippen molar-refractivity contribution in [2.75, 3.05) is 0 Å². The topological polar surface area (TPSA) is 9.23 Å². The smallest absolute Gasteiger partial charge is 0.169 e. The average Bonchev–Trinajstić information content (AvgIpc) is 1.14. The minimum Gasteiger partial charge on any atom is -0.462 e. The van der Waals surface area contributed by atoms with Crippen molar-refractivity contribution in [3.05, 3.63) is 0 Å². The van der Waals surface area contributed by atoms with Gasteiger partial charge in [0.1, 0.15) is 7.35 Å². The van der Waals surface area contributed by atoms with Gasteiger partial charge in [-0.25, -0.2) is 0 Å². The fourth-order valence-corrected chi connectivity index (χ4v) is 19.3. The molecule has 1 nitrogen and oxygen atoms in total. The fourth-order valence-electron chi connectivity index (χ4n) is 0.919. The molecule has 0 fully saturated rings. The van der Waals surface area contributed by atoms with Crippen LogP contribution < -0.4 is 0 Å². The van der Waals surface area contributed by atoms with Crippen LogP contribution in [0.2, 0.25) is 26.2 Å². The minimum atomic E-state index is -1.16. The van der Waals surface area contributed by atoms with Gasteiger partial charge in [-0.1, -0.05) is 6.55 Å². The van der Waals surface area contributed by atoms with E-state index in [2.05, 4.69) is 26.2 Å². The number of rotatable bonds is 2. The zero-order chi connectivity index (χ0) is 7.71. The fraction of sp³-hybridized carbons (Fsp3) is 1.00. The van der Waals surface area contributed by atoms with Crippen molar-refractivity contribution >= 4 is 35.2 Å². The van der Waals surface area contributed by atoms with Crippen molar-refractivity contribution in [1.82, 2.24) is 0 Å². The predicted molar refractivity (Wildman–Crippen MR) is 55.9 cm³/mol. The van der Waals surface area contributed by atoms with Gasteiger partial charge in [0, 0.05) is 19.5 Å². The molecule has 0 atom stereocenters. The van der Waals surface area contributed by atoms with Crippen LogP contribution in [0.3, 0.4) is 0 Å². The maximum absolute atomic E-state index is 6.03. The highest BCUT2D eigenvalue weighted by Crippen LogP contribution is 2.07. The van der Waals surface area contributed by atoms with Crippen LogP contribution in [0.1, 0.15) is 0 Å². The molecule has 0 rings (SSSR count). The zero-order valence-electron chi connectivity index (χ0n) is 7.41. The molecule has 0 amide bonds. The van der Waals surface area contributed by atoms with Gasteiger partial charge in [0.15, 0.2) is 8.32 Å². The first-order chi connectivity index (χ1) is 3.71. The third-order valence-electron chi connectivity index (χ3n) is 0.612. The summed E-state index contributed by atoms with van der Waals surface area (Å²) in [5.74, 6) is 0. The molecule has 0 saturated carbocycles. The highest BCUT2D eigenvalue weighted by atomic mass is 29.6. The van der Waals surface area contributed by atoms with E-state index in [4.69, 9.17) is 4.12 Å². The van der Waals surface area contributed by atoms with Gasteiger partial charge in [-0.3, -0.25) is 0 Å². The normalized spacial score (nSPS) is 20.0. The first-order valence-corrected chi connectivity index (χ1v) is 16.2. The first-order valence-electron chi connectivity index (χ1n) is 3.41. The Hall–Kier alpha value is 0.828. The van der Waals surface area contributed by atoms with Crippen molar-refractivity contribution in [2.45, 2.75) is 26.2 Å². The highest BCUT2D eigenvalue weighted by molar-refractivity contribution is 7.39. The second kappa shape index (κ2) is 2.83. The molecule has 0 aromatic carbocycles. The largest absolute Gasteiger partial charge is 0.462 e. The number of hydrogen-bond donors (Lipinski definition) is 0. The summed E-state index contributed by atoms with van der Waals surface area (Å²) >= 11 is 0. The van der Waals surface area contributed by atoms with Crippen molar-refractivity contribution in [2.24, 2.45) is 0 Å². The highest BCUT2D eigenvalue weighted by Gasteiger charge is 2.23. The van der Waals surface area contributed by atoms with E-state index in [-0.39, 0.29) is 0 Å². The third kappa shape index (κ3) is 8.83. The summed E-state index contributed by atoms with van der Waals surface area (Å²) in [6.07, 6.45) is 0. The summed E-state index contributed by atoms with van der Waals surface area (Å²) in [7, 11) is 0.529. The van der Waals surface area contributed by atoms with Gasteiger partial charge in [-0.2, -0.15) is 0 Å². The maximum atomic E-state index is 6.03. The Morgan fingerprint density at radius 3 is 1.33 bits per heavy atom. The second-order valence-corrected chi connectivity index (χ2v) is 34.0. The van der Waals surface area contributed by atoms with Crippen LogP contribution in [0.25, 0.3) is 0 Å². The van der Waals surface area contributed by atoms with Crippen molar-refractivity contribution in [1.29, 1.82) is 0 Å². The quantitative estimate of drug-likeness (QED) is 0.520. The summed E-state index contributed by atoms with van der Waals surface area (Å²) in [6, 6.07) is 0. The Kier molecular flexibility index (Phi) is 3.09. The summed E-state index contributed by atoms with van der Waals surface area (Å²) in [5, 5.41) is 0. The van der Waals surface area contributed by atoms with Crippen molar-refractivity contribution in [3.8, 4) is 0 Å². The Labute approximate surface area is 65.9 Å². The molecular formula is C4H18OSi4. The van der Waals surface area contributed by atoms with E-state index in [1.54, 1.807) is 0 Å². The summed E-state index contributed by atoms with van der Waals surface area (Å²) in [6.45, 7) is 9.22. The lowest BCUT2D eigenvalue weighted by Gasteiger charge is -2.28. The Morgan fingerprint density at radius 2 is 1.33 bits per heavy atom. The molecule has 0 N–H and O–H groups in total. The van der Waals surface area contributed by atoms with E-state index in [9.17, 15) is 0 Å². The molecule has 0 aliphatic heterocycles. The molecule has 0 unspecified atom stereocenters. The van der Waals surface area contributed by atoms with E-state index in [0.717, 1.165) is 0 Å². The Morgan fingerprint density at radius 1 is 1.00 bits per heavy atom. The van der Waals surface area contributed by atoms with Gasteiger partial charge in [0.05, 0.1) is 0 Å². The average molecular weight is 195 g/mol. The van der Waals surface area contributed by atoms with E-state index in [0.29, 0.717) is 0 Å². The van der Waals surface area contributed by atoms with Gasteiger partial charge in [-0.05, 0) is 19.6 Å². The summed E-state index contributed by atoms with van der Waals surface area (Å²) < 4.78 is 6.03. The van der Waals surface area contributed by atoms with Gasteiger partial charge in [-0.15, -0.1) is 0 Å². The van der Waals surface area contributed by atoms with E-state index in [1.807, 2.05) is 0 Å². The van der Waals surface area contributed by atoms with Crippen LogP contribution >= 0.6 is 0 Å². The van der Waals surface area contributed by atoms with E-state index in [1.165, 1.54) is 19.5 Å². The van der Waals surface area contributed by atoms with Gasteiger partial charge < -0.3 is 4.12 Å². The summed E-state index contributed by atoms with van der Waals surface area (Å²) in [4.78, 5) is 0. The van der Waals surface area contributed by atoms with Gasteiger partial charge >= 0.3 is 0 Å². The molecule has 9 heavy (non-hydrogen) atoms. The van der Waals surface area contributed by atoms with Gasteiger partial charge in [0.2, 0.25) is 0 Å². The molecule has 0 aromatic rings. The molecule has 0 heterocycles. The molecule has 56 valence electrons. The monoisotopic (exact) mass is 194 g/mol. The molecule has 0 aromatic heterocycles. The van der Waals surface area contributed by atoms with Gasteiger partial charge in [0.25, 0.3) is 0 Å². The van der Waals surface area contributed by atoms with E-state index < -0.39 is 15.7 Å². The molecule has 0 radical (unpaired) electrons. The SMILES string of the molecule is C[Si](C)(C)O[Si](C)([SiH3])[SiH3]. The minimum absolute atomic E-state index is 0.953. The van der Waals surface area contributed by atoms with Crippen LogP contribution in [0, 0.1) is 0 Å². The summed E-state index contributed by atoms with van der Waals surface area (Å²) in [5.41, 5.74) is 0. The lowest BCUT2D eigenvalue weighted by atomic mass is 11.8. The van der Waals surface area contributed by atoms with E-state index >= 15 is 0 Å². The zero-order valence-corrected chi connectivity index (χ0v) is 13.4. The van der Waals surface area contributed by atoms with Crippen LogP contribution in [-0.4, -0.2) is 35.2 Å². The van der Waals surface area contributed by atoms with Crippen molar-refractivity contribution < 1.29 is 4.12 Å². The van der Waals surface area contributed by atoms with Crippen LogP contribution in [0.15, 0.2) is 0 Å². The lowest BCUT2D eigenvalue weighted by Crippen LogP contribution is -2.46. The third-order valence-corrected chi connectivity index (χ3v) is 9.19. The molecule has 5 heteroatoms. The maximum Gasteiger partial charge on any atom is 0.169 e. The molecule has 0 spiro atoms. The molecule has 0 aliphatic carbocycles. The van der Waals surface area contributed by atoms with Crippen molar-refractivity contribution in [3.63, 3.8) is 0 Å².